The van der Waals surface area contributed by atoms with Gasteiger partial charge in [-0.3, -0.25) is 4.79 Å². The Labute approximate surface area is 132 Å². The number of rotatable bonds is 2. The first kappa shape index (κ1) is 14.3. The Balaban J connectivity index is 2.25. The molecule has 0 fully saturated rings. The fourth-order valence-electron chi connectivity index (χ4n) is 1.49. The first-order valence-electron chi connectivity index (χ1n) is 5.40. The maximum atomic E-state index is 12.1. The van der Waals surface area contributed by atoms with Gasteiger partial charge in [-0.1, -0.05) is 0 Å². The fourth-order valence-corrected chi connectivity index (χ4v) is 2.20. The zero-order valence-corrected chi connectivity index (χ0v) is 13.7. The van der Waals surface area contributed by atoms with Crippen LogP contribution in [0.4, 0.5) is 5.82 Å². The number of nitrogens with zero attached hydrogens (tertiary/aromatic N) is 1. The third kappa shape index (κ3) is 3.44. The molecular formula is C13H10BrIN2O2. The second kappa shape index (κ2) is 5.87. The molecule has 2 N–H and O–H groups in total. The number of hydrogen-bond donors (Lipinski definition) is 2. The van der Waals surface area contributed by atoms with Crippen LogP contribution >= 0.6 is 38.5 Å². The monoisotopic (exact) mass is 432 g/mol. The van der Waals surface area contributed by atoms with E-state index in [1.165, 1.54) is 6.07 Å². The second-order valence-corrected chi connectivity index (χ2v) is 5.98. The number of amides is 1. The molecule has 2 rings (SSSR count). The Morgan fingerprint density at radius 2 is 2.11 bits per heavy atom. The van der Waals surface area contributed by atoms with E-state index in [1.807, 2.05) is 13.0 Å². The molecule has 1 aromatic heterocycles. The number of benzene rings is 1. The number of anilines is 1. The van der Waals surface area contributed by atoms with Crippen molar-refractivity contribution in [3.63, 3.8) is 0 Å². The number of carbonyl (C=O) groups is 1. The molecule has 1 aromatic carbocycles. The summed E-state index contributed by atoms with van der Waals surface area (Å²) in [5.74, 6) is 0.0148. The number of phenolic OH excluding ortho intramolecular Hbond substituents is 1. The van der Waals surface area contributed by atoms with E-state index in [0.29, 0.717) is 5.82 Å². The van der Waals surface area contributed by atoms with Crippen molar-refractivity contribution in [2.75, 3.05) is 5.32 Å². The van der Waals surface area contributed by atoms with Gasteiger partial charge in [-0.15, -0.1) is 0 Å². The quantitative estimate of drug-likeness (QED) is 0.711. The van der Waals surface area contributed by atoms with Crippen LogP contribution in [0.2, 0.25) is 0 Å². The first-order chi connectivity index (χ1) is 8.97. The van der Waals surface area contributed by atoms with E-state index in [9.17, 15) is 9.90 Å². The highest BCUT2D eigenvalue weighted by molar-refractivity contribution is 14.1. The van der Waals surface area contributed by atoms with Gasteiger partial charge in [0.2, 0.25) is 0 Å². The van der Waals surface area contributed by atoms with Gasteiger partial charge in [-0.05, 0) is 75.8 Å². The van der Waals surface area contributed by atoms with Crippen molar-refractivity contribution in [1.29, 1.82) is 0 Å². The predicted molar refractivity (Wildman–Crippen MR) is 85.5 cm³/mol. The van der Waals surface area contributed by atoms with E-state index in [2.05, 4.69) is 48.8 Å². The molecule has 0 aliphatic heterocycles. The van der Waals surface area contributed by atoms with Crippen molar-refractivity contribution < 1.29 is 9.90 Å². The molecule has 0 aliphatic rings. The lowest BCUT2D eigenvalue weighted by Gasteiger charge is -2.08. The topological polar surface area (TPSA) is 62.2 Å². The highest BCUT2D eigenvalue weighted by atomic mass is 127. The van der Waals surface area contributed by atoms with E-state index in [1.54, 1.807) is 18.2 Å². The van der Waals surface area contributed by atoms with E-state index in [0.717, 1.165) is 13.7 Å². The lowest BCUT2D eigenvalue weighted by Crippen LogP contribution is -2.13. The van der Waals surface area contributed by atoms with Gasteiger partial charge >= 0.3 is 0 Å². The molecule has 0 saturated heterocycles. The van der Waals surface area contributed by atoms with E-state index in [-0.39, 0.29) is 17.2 Å². The normalized spacial score (nSPS) is 10.3. The van der Waals surface area contributed by atoms with Crippen LogP contribution in [-0.4, -0.2) is 16.0 Å². The molecule has 0 bridgehead atoms. The average Bonchev–Trinajstić information content (AvgIpc) is 2.36. The molecule has 0 spiro atoms. The number of carbonyl (C=O) groups excluding carboxylic acids is 1. The molecule has 1 heterocycles. The first-order valence-corrected chi connectivity index (χ1v) is 7.27. The van der Waals surface area contributed by atoms with Crippen LogP contribution in [0, 0.1) is 10.5 Å². The van der Waals surface area contributed by atoms with Gasteiger partial charge in [0.15, 0.2) is 0 Å². The minimum absolute atomic E-state index is 0.0493. The minimum Gasteiger partial charge on any atom is -0.507 e. The van der Waals surface area contributed by atoms with Crippen molar-refractivity contribution in [3.05, 3.63) is 49.6 Å². The number of halogens is 2. The Hall–Kier alpha value is -1.15. The smallest absolute Gasteiger partial charge is 0.260 e. The van der Waals surface area contributed by atoms with Crippen molar-refractivity contribution in [3.8, 4) is 5.75 Å². The van der Waals surface area contributed by atoms with Gasteiger partial charge in [-0.25, -0.2) is 4.98 Å². The molecule has 98 valence electrons. The van der Waals surface area contributed by atoms with Gasteiger partial charge in [0.25, 0.3) is 5.91 Å². The number of aryl methyl sites for hydroxylation is 1. The molecule has 0 saturated carbocycles. The van der Waals surface area contributed by atoms with Crippen LogP contribution < -0.4 is 5.32 Å². The van der Waals surface area contributed by atoms with Crippen molar-refractivity contribution >= 4 is 50.2 Å². The number of aromatic nitrogens is 1. The lowest BCUT2D eigenvalue weighted by molar-refractivity contribution is 0.102. The SMILES string of the molecule is Cc1nc(NC(=O)c2cc(I)ccc2O)ccc1Br. The second-order valence-electron chi connectivity index (χ2n) is 3.88. The summed E-state index contributed by atoms with van der Waals surface area (Å²) in [4.78, 5) is 16.3. The van der Waals surface area contributed by atoms with Crippen LogP contribution in [-0.2, 0) is 0 Å². The number of nitrogens with one attached hydrogen (secondary N) is 1. The molecule has 0 unspecified atom stereocenters. The summed E-state index contributed by atoms with van der Waals surface area (Å²) < 4.78 is 1.75. The summed E-state index contributed by atoms with van der Waals surface area (Å²) in [6, 6.07) is 8.36. The molecule has 4 nitrogen and oxygen atoms in total. The molecule has 6 heteroatoms. The summed E-state index contributed by atoms with van der Waals surface area (Å²) in [5, 5.41) is 12.4. The maximum absolute atomic E-state index is 12.1. The van der Waals surface area contributed by atoms with E-state index >= 15 is 0 Å². The fraction of sp³-hybridized carbons (Fsp3) is 0.0769. The van der Waals surface area contributed by atoms with Crippen LogP contribution in [0.5, 0.6) is 5.75 Å². The zero-order chi connectivity index (χ0) is 14.0. The van der Waals surface area contributed by atoms with Gasteiger partial charge in [-0.2, -0.15) is 0 Å². The van der Waals surface area contributed by atoms with Gasteiger partial charge < -0.3 is 10.4 Å². The summed E-state index contributed by atoms with van der Waals surface area (Å²) in [5.41, 5.74) is 1.01. The van der Waals surface area contributed by atoms with Crippen molar-refractivity contribution in [1.82, 2.24) is 4.98 Å². The number of aromatic hydroxyl groups is 1. The Morgan fingerprint density at radius 1 is 1.37 bits per heavy atom. The van der Waals surface area contributed by atoms with Gasteiger partial charge in [0.1, 0.15) is 11.6 Å². The minimum atomic E-state index is -0.384. The lowest BCUT2D eigenvalue weighted by atomic mass is 10.2. The summed E-state index contributed by atoms with van der Waals surface area (Å²) in [6.45, 7) is 1.84. The molecule has 0 aliphatic carbocycles. The molecule has 2 aromatic rings. The summed E-state index contributed by atoms with van der Waals surface area (Å²) >= 11 is 5.43. The van der Waals surface area contributed by atoms with Crippen LogP contribution in [0.15, 0.2) is 34.8 Å². The molecule has 0 radical (unpaired) electrons. The third-order valence-corrected chi connectivity index (χ3v) is 3.98. The highest BCUT2D eigenvalue weighted by Gasteiger charge is 2.12. The number of pyridine rings is 1. The van der Waals surface area contributed by atoms with Crippen LogP contribution in [0.3, 0.4) is 0 Å². The summed E-state index contributed by atoms with van der Waals surface area (Å²) in [7, 11) is 0. The number of phenols is 1. The molecular weight excluding hydrogens is 423 g/mol. The Kier molecular flexibility index (Phi) is 4.41. The largest absolute Gasteiger partial charge is 0.507 e. The molecule has 1 amide bonds. The van der Waals surface area contributed by atoms with Crippen LogP contribution in [0.25, 0.3) is 0 Å². The highest BCUT2D eigenvalue weighted by Crippen LogP contribution is 2.21. The predicted octanol–water partition coefficient (Wildman–Crippen LogP) is 3.72. The van der Waals surface area contributed by atoms with Gasteiger partial charge in [0.05, 0.1) is 11.3 Å². The van der Waals surface area contributed by atoms with Crippen molar-refractivity contribution in [2.24, 2.45) is 0 Å². The Bertz CT molecular complexity index is 647. The maximum Gasteiger partial charge on any atom is 0.260 e. The Morgan fingerprint density at radius 3 is 2.79 bits per heavy atom. The van der Waals surface area contributed by atoms with E-state index < -0.39 is 0 Å². The molecule has 19 heavy (non-hydrogen) atoms. The summed E-state index contributed by atoms with van der Waals surface area (Å²) in [6.07, 6.45) is 0. The third-order valence-electron chi connectivity index (χ3n) is 2.47. The average molecular weight is 433 g/mol. The molecule has 0 atom stereocenters. The van der Waals surface area contributed by atoms with Crippen molar-refractivity contribution in [2.45, 2.75) is 6.92 Å². The van der Waals surface area contributed by atoms with E-state index in [4.69, 9.17) is 0 Å². The number of hydrogen-bond acceptors (Lipinski definition) is 3. The zero-order valence-electron chi connectivity index (χ0n) is 9.95. The van der Waals surface area contributed by atoms with Crippen LogP contribution in [0.1, 0.15) is 16.1 Å². The van der Waals surface area contributed by atoms with Gasteiger partial charge in [0, 0.05) is 8.04 Å². The standard InChI is InChI=1S/C13H10BrIN2O2/c1-7-10(14)3-5-12(16-7)17-13(19)9-6-8(15)2-4-11(9)18/h2-6,18H,1H3,(H,16,17,19).